The van der Waals surface area contributed by atoms with Crippen LogP contribution in [0.25, 0.3) is 0 Å². The summed E-state index contributed by atoms with van der Waals surface area (Å²) in [6.45, 7) is 5.52. The van der Waals surface area contributed by atoms with Gasteiger partial charge in [0.1, 0.15) is 6.04 Å². The molecule has 6 heteroatoms. The van der Waals surface area contributed by atoms with Gasteiger partial charge in [0.25, 0.3) is 0 Å². The fourth-order valence-electron chi connectivity index (χ4n) is 1.04. The largest absolute Gasteiger partial charge is 0.480 e. The first-order chi connectivity index (χ1) is 7.38. The summed E-state index contributed by atoms with van der Waals surface area (Å²) in [7, 11) is 0. The van der Waals surface area contributed by atoms with Crippen molar-refractivity contribution < 1.29 is 14.7 Å². The van der Waals surface area contributed by atoms with E-state index in [4.69, 9.17) is 9.94 Å². The van der Waals surface area contributed by atoms with Crippen LogP contribution in [0.4, 0.5) is 0 Å². The molecule has 1 rings (SSSR count). The number of nitrogens with zero attached hydrogens (tertiary/aromatic N) is 1. The van der Waals surface area contributed by atoms with Gasteiger partial charge in [-0.25, -0.2) is 4.98 Å². The second-order valence-electron chi connectivity index (χ2n) is 4.49. The maximum atomic E-state index is 11.0. The Bertz CT molecular complexity index is 330. The van der Waals surface area contributed by atoms with E-state index >= 15 is 0 Å². The molecule has 0 bridgehead atoms. The Morgan fingerprint density at radius 3 is 2.81 bits per heavy atom. The summed E-state index contributed by atoms with van der Waals surface area (Å²) in [5, 5.41) is 8.99. The van der Waals surface area contributed by atoms with Gasteiger partial charge in [0.2, 0.25) is 0 Å². The maximum Gasteiger partial charge on any atom is 0.323 e. The highest BCUT2D eigenvalue weighted by atomic mass is 16.7. The molecule has 16 heavy (non-hydrogen) atoms. The zero-order valence-electron chi connectivity index (χ0n) is 9.65. The van der Waals surface area contributed by atoms with Crippen LogP contribution in [-0.4, -0.2) is 32.7 Å². The van der Waals surface area contributed by atoms with Crippen LogP contribution in [0.5, 0.6) is 0 Å². The number of carboxylic acid groups (broad SMARTS) is 1. The monoisotopic (exact) mass is 227 g/mol. The number of carbonyl (C=O) groups is 1. The molecule has 0 saturated heterocycles. The van der Waals surface area contributed by atoms with Gasteiger partial charge >= 0.3 is 5.97 Å². The molecule has 0 aliphatic heterocycles. The Morgan fingerprint density at radius 2 is 2.38 bits per heavy atom. The van der Waals surface area contributed by atoms with Gasteiger partial charge < -0.3 is 10.1 Å². The molecule has 0 aromatic carbocycles. The van der Waals surface area contributed by atoms with E-state index < -0.39 is 17.6 Å². The number of H-pyrrole nitrogens is 1. The van der Waals surface area contributed by atoms with Crippen molar-refractivity contribution in [3.63, 3.8) is 0 Å². The quantitative estimate of drug-likeness (QED) is 0.645. The summed E-state index contributed by atoms with van der Waals surface area (Å²) in [4.78, 5) is 22.9. The summed E-state index contributed by atoms with van der Waals surface area (Å²) in [6.07, 6.45) is 3.45. The third-order valence-corrected chi connectivity index (χ3v) is 1.77. The molecule has 1 aromatic rings. The van der Waals surface area contributed by atoms with Crippen molar-refractivity contribution in [1.29, 1.82) is 0 Å². The number of aromatic nitrogens is 2. The Balaban J connectivity index is 2.52. The number of rotatable bonds is 5. The Kier molecular flexibility index (Phi) is 4.03. The van der Waals surface area contributed by atoms with Crippen molar-refractivity contribution in [2.24, 2.45) is 0 Å². The Labute approximate surface area is 94.0 Å². The number of nitrogens with one attached hydrogen (secondary N) is 2. The highest BCUT2D eigenvalue weighted by molar-refractivity contribution is 5.73. The van der Waals surface area contributed by atoms with E-state index in [0.29, 0.717) is 5.69 Å². The summed E-state index contributed by atoms with van der Waals surface area (Å²) < 4.78 is 0. The Morgan fingerprint density at radius 1 is 1.69 bits per heavy atom. The second-order valence-corrected chi connectivity index (χ2v) is 4.49. The summed E-state index contributed by atoms with van der Waals surface area (Å²) in [5.74, 6) is -0.966. The highest BCUT2D eigenvalue weighted by Gasteiger charge is 2.21. The number of aliphatic carboxylic acids is 1. The third kappa shape index (κ3) is 4.41. The van der Waals surface area contributed by atoms with Gasteiger partial charge in [0.05, 0.1) is 17.6 Å². The molecule has 0 aliphatic carbocycles. The van der Waals surface area contributed by atoms with Crippen LogP contribution in [0.15, 0.2) is 12.5 Å². The van der Waals surface area contributed by atoms with Gasteiger partial charge in [-0.3, -0.25) is 9.63 Å². The Hall–Kier alpha value is -1.40. The molecule has 6 nitrogen and oxygen atoms in total. The summed E-state index contributed by atoms with van der Waals surface area (Å²) in [5.41, 5.74) is 2.79. The minimum atomic E-state index is -0.966. The number of carboxylic acids is 1. The van der Waals surface area contributed by atoms with Crippen molar-refractivity contribution in [2.45, 2.75) is 38.8 Å². The van der Waals surface area contributed by atoms with Gasteiger partial charge in [-0.05, 0) is 20.8 Å². The van der Waals surface area contributed by atoms with Gasteiger partial charge in [0.15, 0.2) is 0 Å². The molecular formula is C10H17N3O3. The minimum Gasteiger partial charge on any atom is -0.480 e. The molecule has 0 saturated carbocycles. The lowest BCUT2D eigenvalue weighted by molar-refractivity contribution is -0.150. The summed E-state index contributed by atoms with van der Waals surface area (Å²) >= 11 is 0. The predicted octanol–water partition coefficient (Wildman–Crippen LogP) is 0.725. The van der Waals surface area contributed by atoms with Crippen molar-refractivity contribution in [2.75, 3.05) is 0 Å². The molecule has 90 valence electrons. The highest BCUT2D eigenvalue weighted by Crippen LogP contribution is 2.06. The fraction of sp³-hybridized carbons (Fsp3) is 0.600. The molecule has 0 fully saturated rings. The number of hydroxylamine groups is 1. The first kappa shape index (κ1) is 12.7. The van der Waals surface area contributed by atoms with Gasteiger partial charge in [-0.15, -0.1) is 0 Å². The van der Waals surface area contributed by atoms with Crippen LogP contribution >= 0.6 is 0 Å². The molecule has 0 unspecified atom stereocenters. The average Bonchev–Trinajstić information content (AvgIpc) is 2.62. The van der Waals surface area contributed by atoms with Crippen molar-refractivity contribution in [3.05, 3.63) is 18.2 Å². The first-order valence-electron chi connectivity index (χ1n) is 5.02. The molecule has 0 radical (unpaired) electrons. The molecule has 1 aromatic heterocycles. The van der Waals surface area contributed by atoms with E-state index in [1.54, 1.807) is 6.20 Å². The van der Waals surface area contributed by atoms with E-state index in [1.807, 2.05) is 20.8 Å². The zero-order valence-corrected chi connectivity index (χ0v) is 9.65. The van der Waals surface area contributed by atoms with Crippen LogP contribution in [0.2, 0.25) is 0 Å². The van der Waals surface area contributed by atoms with Gasteiger partial charge in [-0.1, -0.05) is 0 Å². The smallest absolute Gasteiger partial charge is 0.323 e. The van der Waals surface area contributed by atoms with Crippen molar-refractivity contribution in [1.82, 2.24) is 15.4 Å². The predicted molar refractivity (Wildman–Crippen MR) is 57.7 cm³/mol. The average molecular weight is 227 g/mol. The third-order valence-electron chi connectivity index (χ3n) is 1.77. The van der Waals surface area contributed by atoms with Crippen molar-refractivity contribution in [3.8, 4) is 0 Å². The van der Waals surface area contributed by atoms with Gasteiger partial charge in [-0.2, -0.15) is 5.48 Å². The molecule has 0 aliphatic rings. The fourth-order valence-corrected chi connectivity index (χ4v) is 1.04. The lowest BCUT2D eigenvalue weighted by Crippen LogP contribution is -2.42. The van der Waals surface area contributed by atoms with E-state index in [-0.39, 0.29) is 6.42 Å². The number of imidazole rings is 1. The van der Waals surface area contributed by atoms with Crippen LogP contribution in [0.3, 0.4) is 0 Å². The van der Waals surface area contributed by atoms with Crippen molar-refractivity contribution >= 4 is 5.97 Å². The lowest BCUT2D eigenvalue weighted by atomic mass is 10.2. The lowest BCUT2D eigenvalue weighted by Gasteiger charge is -2.22. The van der Waals surface area contributed by atoms with E-state index in [0.717, 1.165) is 0 Å². The maximum absolute atomic E-state index is 11.0. The number of hydrogen-bond acceptors (Lipinski definition) is 4. The normalized spacial score (nSPS) is 13.7. The van der Waals surface area contributed by atoms with Gasteiger partial charge in [0, 0.05) is 12.6 Å². The minimum absolute atomic E-state index is 0.273. The molecule has 0 amide bonds. The standard InChI is InChI=1S/C10H17N3O3/c1-10(2,3)16-13-8(9(14)15)4-7-5-11-6-12-7/h5-6,8,13H,4H2,1-3H3,(H,11,12)(H,14,15)/t8-/m0/s1. The second kappa shape index (κ2) is 5.09. The van der Waals surface area contributed by atoms with Crippen LogP contribution < -0.4 is 5.48 Å². The molecule has 1 atom stereocenters. The SMILES string of the molecule is CC(C)(C)ON[C@@H](Cc1c[nH]cn1)C(=O)O. The van der Waals surface area contributed by atoms with Crippen LogP contribution in [0.1, 0.15) is 26.5 Å². The van der Waals surface area contributed by atoms with E-state index in [9.17, 15) is 4.79 Å². The molecular weight excluding hydrogens is 210 g/mol. The molecule has 1 heterocycles. The summed E-state index contributed by atoms with van der Waals surface area (Å²) in [6, 6.07) is -0.803. The molecule has 3 N–H and O–H groups in total. The number of aromatic amines is 1. The van der Waals surface area contributed by atoms with E-state index in [1.165, 1.54) is 6.33 Å². The topological polar surface area (TPSA) is 87.2 Å². The number of hydrogen-bond donors (Lipinski definition) is 3. The van der Waals surface area contributed by atoms with Crippen LogP contribution in [-0.2, 0) is 16.1 Å². The van der Waals surface area contributed by atoms with Crippen LogP contribution in [0, 0.1) is 0 Å². The molecule has 0 spiro atoms. The first-order valence-corrected chi connectivity index (χ1v) is 5.02. The van der Waals surface area contributed by atoms with E-state index in [2.05, 4.69) is 15.4 Å². The zero-order chi connectivity index (χ0) is 12.2.